The van der Waals surface area contributed by atoms with Crippen molar-refractivity contribution in [1.29, 1.82) is 0 Å². The zero-order valence-electron chi connectivity index (χ0n) is 15.2. The number of carbonyl (C=O) groups excluding carboxylic acids is 1. The number of aryl methyl sites for hydroxylation is 1. The van der Waals surface area contributed by atoms with Crippen LogP contribution in [0, 0.1) is 13.8 Å². The summed E-state index contributed by atoms with van der Waals surface area (Å²) >= 11 is 0. The van der Waals surface area contributed by atoms with Crippen LogP contribution in [0.2, 0.25) is 0 Å². The SMILES string of the molecule is Cc1cc(C(=O)Nc2ccc3[nH]c(=O)[nH]c3c2)c(C)n1C1CCCCC1. The number of nitrogens with one attached hydrogen (secondary N) is 3. The summed E-state index contributed by atoms with van der Waals surface area (Å²) in [5.74, 6) is -0.114. The average Bonchev–Trinajstić information content (AvgIpc) is 3.13. The third-order valence-electron chi connectivity index (χ3n) is 5.44. The summed E-state index contributed by atoms with van der Waals surface area (Å²) in [6.07, 6.45) is 6.22. The molecule has 136 valence electrons. The van der Waals surface area contributed by atoms with E-state index in [2.05, 4.69) is 26.8 Å². The van der Waals surface area contributed by atoms with E-state index in [0.29, 0.717) is 17.2 Å². The van der Waals surface area contributed by atoms with Gasteiger partial charge in [0.1, 0.15) is 0 Å². The van der Waals surface area contributed by atoms with Crippen LogP contribution in [0.5, 0.6) is 0 Å². The highest BCUT2D eigenvalue weighted by molar-refractivity contribution is 6.06. The van der Waals surface area contributed by atoms with E-state index in [4.69, 9.17) is 0 Å². The molecule has 6 heteroatoms. The number of hydrogen-bond acceptors (Lipinski definition) is 2. The van der Waals surface area contributed by atoms with Crippen molar-refractivity contribution in [1.82, 2.24) is 14.5 Å². The van der Waals surface area contributed by atoms with E-state index in [1.807, 2.05) is 13.0 Å². The second-order valence-corrected chi connectivity index (χ2v) is 7.24. The summed E-state index contributed by atoms with van der Waals surface area (Å²) in [4.78, 5) is 29.6. The third kappa shape index (κ3) is 2.96. The first-order chi connectivity index (χ1) is 12.5. The van der Waals surface area contributed by atoms with E-state index < -0.39 is 0 Å². The fourth-order valence-electron chi connectivity index (χ4n) is 4.22. The van der Waals surface area contributed by atoms with Crippen molar-refractivity contribution < 1.29 is 4.79 Å². The van der Waals surface area contributed by atoms with Gasteiger partial charge in [-0.1, -0.05) is 19.3 Å². The number of imidazole rings is 1. The van der Waals surface area contributed by atoms with Gasteiger partial charge in [0.05, 0.1) is 16.6 Å². The van der Waals surface area contributed by atoms with E-state index in [1.165, 1.54) is 32.1 Å². The number of carbonyl (C=O) groups is 1. The van der Waals surface area contributed by atoms with Crippen molar-refractivity contribution in [3.05, 3.63) is 51.7 Å². The highest BCUT2D eigenvalue weighted by Crippen LogP contribution is 2.32. The van der Waals surface area contributed by atoms with Crippen LogP contribution in [0.1, 0.15) is 59.9 Å². The van der Waals surface area contributed by atoms with Gasteiger partial charge < -0.3 is 19.9 Å². The summed E-state index contributed by atoms with van der Waals surface area (Å²) < 4.78 is 2.33. The molecule has 26 heavy (non-hydrogen) atoms. The second-order valence-electron chi connectivity index (χ2n) is 7.24. The molecule has 1 aromatic carbocycles. The van der Waals surface area contributed by atoms with Crippen LogP contribution in [-0.2, 0) is 0 Å². The van der Waals surface area contributed by atoms with E-state index in [0.717, 1.165) is 22.5 Å². The van der Waals surface area contributed by atoms with E-state index in [1.54, 1.807) is 18.2 Å². The fourth-order valence-corrected chi connectivity index (χ4v) is 4.22. The summed E-state index contributed by atoms with van der Waals surface area (Å²) in [5, 5.41) is 2.96. The highest BCUT2D eigenvalue weighted by Gasteiger charge is 2.22. The van der Waals surface area contributed by atoms with Crippen molar-refractivity contribution >= 4 is 22.6 Å². The number of fused-ring (bicyclic) bond motifs is 1. The zero-order valence-corrected chi connectivity index (χ0v) is 15.2. The predicted octanol–water partition coefficient (Wildman–Crippen LogP) is 4.03. The molecule has 4 rings (SSSR count). The fraction of sp³-hybridized carbons (Fsp3) is 0.400. The monoisotopic (exact) mass is 352 g/mol. The molecule has 1 aliphatic rings. The summed E-state index contributed by atoms with van der Waals surface area (Å²) in [5.41, 5.74) is 4.72. The Morgan fingerprint density at radius 1 is 1.08 bits per heavy atom. The Bertz CT molecular complexity index is 1020. The standard InChI is InChI=1S/C20H24N4O2/c1-12-10-16(13(2)24(12)15-6-4-3-5-7-15)19(25)21-14-8-9-17-18(11-14)23-20(26)22-17/h8-11,15H,3-7H2,1-2H3,(H,21,25)(H2,22,23,26). The molecule has 3 N–H and O–H groups in total. The summed E-state index contributed by atoms with van der Waals surface area (Å²) in [6, 6.07) is 7.84. The number of H-pyrrole nitrogens is 2. The number of anilines is 1. The largest absolute Gasteiger partial charge is 0.345 e. The molecule has 0 unspecified atom stereocenters. The molecular weight excluding hydrogens is 328 g/mol. The lowest BCUT2D eigenvalue weighted by Crippen LogP contribution is -2.17. The molecule has 0 bridgehead atoms. The maximum atomic E-state index is 12.8. The molecule has 0 atom stereocenters. The summed E-state index contributed by atoms with van der Waals surface area (Å²) in [6.45, 7) is 4.11. The Balaban J connectivity index is 1.60. The van der Waals surface area contributed by atoms with Crippen molar-refractivity contribution in [3.63, 3.8) is 0 Å². The molecule has 2 heterocycles. The first-order valence-corrected chi connectivity index (χ1v) is 9.25. The van der Waals surface area contributed by atoms with Crippen LogP contribution in [0.4, 0.5) is 5.69 Å². The van der Waals surface area contributed by atoms with Crippen molar-refractivity contribution in [2.24, 2.45) is 0 Å². The molecule has 0 saturated heterocycles. The van der Waals surface area contributed by atoms with Crippen LogP contribution in [0.25, 0.3) is 11.0 Å². The van der Waals surface area contributed by atoms with Crippen molar-refractivity contribution in [3.8, 4) is 0 Å². The molecule has 0 spiro atoms. The van der Waals surface area contributed by atoms with Gasteiger partial charge in [0, 0.05) is 23.1 Å². The van der Waals surface area contributed by atoms with Gasteiger partial charge in [-0.15, -0.1) is 0 Å². The van der Waals surface area contributed by atoms with Gasteiger partial charge in [-0.05, 0) is 51.0 Å². The van der Waals surface area contributed by atoms with Crippen LogP contribution in [0.15, 0.2) is 29.1 Å². The lowest BCUT2D eigenvalue weighted by atomic mass is 9.95. The Morgan fingerprint density at radius 2 is 1.81 bits per heavy atom. The molecule has 6 nitrogen and oxygen atoms in total. The van der Waals surface area contributed by atoms with Gasteiger partial charge in [0.25, 0.3) is 5.91 Å². The molecule has 3 aromatic rings. The molecule has 0 aliphatic heterocycles. The van der Waals surface area contributed by atoms with Gasteiger partial charge in [0.15, 0.2) is 0 Å². The van der Waals surface area contributed by atoms with Gasteiger partial charge in [-0.3, -0.25) is 4.79 Å². The van der Waals surface area contributed by atoms with E-state index >= 15 is 0 Å². The maximum absolute atomic E-state index is 12.8. The minimum absolute atomic E-state index is 0.114. The number of aromatic amines is 2. The van der Waals surface area contributed by atoms with Gasteiger partial charge in [0.2, 0.25) is 0 Å². The maximum Gasteiger partial charge on any atom is 0.323 e. The quantitative estimate of drug-likeness (QED) is 0.665. The number of benzene rings is 1. The molecule has 1 fully saturated rings. The third-order valence-corrected chi connectivity index (χ3v) is 5.44. The normalized spacial score (nSPS) is 15.5. The molecule has 1 saturated carbocycles. The van der Waals surface area contributed by atoms with Crippen LogP contribution < -0.4 is 11.0 Å². The van der Waals surface area contributed by atoms with Crippen LogP contribution >= 0.6 is 0 Å². The second kappa shape index (κ2) is 6.52. The summed E-state index contributed by atoms with van der Waals surface area (Å²) in [7, 11) is 0. The average molecular weight is 352 g/mol. The Kier molecular flexibility index (Phi) is 4.18. The Hall–Kier alpha value is -2.76. The zero-order chi connectivity index (χ0) is 18.3. The predicted molar refractivity (Wildman–Crippen MR) is 103 cm³/mol. The molecular formula is C20H24N4O2. The first-order valence-electron chi connectivity index (χ1n) is 9.25. The molecule has 0 radical (unpaired) electrons. The van der Waals surface area contributed by atoms with Crippen LogP contribution in [-0.4, -0.2) is 20.4 Å². The minimum Gasteiger partial charge on any atom is -0.345 e. The Labute approximate surface area is 151 Å². The first kappa shape index (κ1) is 16.7. The molecule has 1 aliphatic carbocycles. The number of nitrogens with zero attached hydrogens (tertiary/aromatic N) is 1. The smallest absolute Gasteiger partial charge is 0.323 e. The van der Waals surface area contributed by atoms with Gasteiger partial charge in [-0.2, -0.15) is 0 Å². The number of aromatic nitrogens is 3. The van der Waals surface area contributed by atoms with E-state index in [-0.39, 0.29) is 11.6 Å². The van der Waals surface area contributed by atoms with E-state index in [9.17, 15) is 9.59 Å². The van der Waals surface area contributed by atoms with Crippen molar-refractivity contribution in [2.75, 3.05) is 5.32 Å². The number of amides is 1. The van der Waals surface area contributed by atoms with Crippen molar-refractivity contribution in [2.45, 2.75) is 52.0 Å². The lowest BCUT2D eigenvalue weighted by Gasteiger charge is -2.26. The Morgan fingerprint density at radius 3 is 2.58 bits per heavy atom. The highest BCUT2D eigenvalue weighted by atomic mass is 16.2. The topological polar surface area (TPSA) is 82.7 Å². The lowest BCUT2D eigenvalue weighted by molar-refractivity contribution is 0.102. The number of rotatable bonds is 3. The van der Waals surface area contributed by atoms with Crippen LogP contribution in [0.3, 0.4) is 0 Å². The minimum atomic E-state index is -0.250. The van der Waals surface area contributed by atoms with Gasteiger partial charge in [-0.25, -0.2) is 4.79 Å². The molecule has 1 amide bonds. The van der Waals surface area contributed by atoms with Gasteiger partial charge >= 0.3 is 5.69 Å². The number of hydrogen-bond donors (Lipinski definition) is 3. The molecule has 2 aromatic heterocycles.